The largest absolute Gasteiger partial charge is 0.337 e. The van der Waals surface area contributed by atoms with E-state index < -0.39 is 29.7 Å². The van der Waals surface area contributed by atoms with Gasteiger partial charge in [0, 0.05) is 10.0 Å². The van der Waals surface area contributed by atoms with Gasteiger partial charge in [-0.3, -0.25) is 14.6 Å². The fourth-order valence-corrected chi connectivity index (χ4v) is 3.87. The standard InChI is InChI=1S/C19H12BrFN6O3/c20-13-4-2-1-3-12(13)17-22-14(30-24-17)9-26-16-15(23-25-26)18(28)27(19(16)29)11-7-5-10(21)6-8-11/h1-8,15-16H,9H2/t15-,16-/m0/s1. The van der Waals surface area contributed by atoms with Crippen molar-refractivity contribution < 1.29 is 18.5 Å². The Morgan fingerprint density at radius 3 is 2.60 bits per heavy atom. The Bertz CT molecular complexity index is 1180. The summed E-state index contributed by atoms with van der Waals surface area (Å²) >= 11 is 3.44. The number of carbonyl (C=O) groups is 2. The number of imide groups is 1. The van der Waals surface area contributed by atoms with Crippen molar-refractivity contribution in [2.45, 2.75) is 18.6 Å². The van der Waals surface area contributed by atoms with Crippen LogP contribution in [0, 0.1) is 5.82 Å². The van der Waals surface area contributed by atoms with Gasteiger partial charge in [-0.25, -0.2) is 9.29 Å². The minimum absolute atomic E-state index is 0.0123. The predicted octanol–water partition coefficient (Wildman–Crippen LogP) is 3.13. The summed E-state index contributed by atoms with van der Waals surface area (Å²) in [7, 11) is 0. The quantitative estimate of drug-likeness (QED) is 0.542. The molecule has 2 aliphatic rings. The normalized spacial score (nSPS) is 20.3. The van der Waals surface area contributed by atoms with Crippen LogP contribution in [-0.4, -0.2) is 39.0 Å². The van der Waals surface area contributed by atoms with E-state index in [0.717, 1.165) is 14.9 Å². The van der Waals surface area contributed by atoms with Crippen molar-refractivity contribution >= 4 is 33.4 Å². The van der Waals surface area contributed by atoms with Crippen LogP contribution in [-0.2, 0) is 16.1 Å². The second-order valence-corrected chi connectivity index (χ2v) is 7.53. The van der Waals surface area contributed by atoms with Crippen LogP contribution in [0.25, 0.3) is 11.4 Å². The maximum absolute atomic E-state index is 13.2. The van der Waals surface area contributed by atoms with Crippen LogP contribution < -0.4 is 4.90 Å². The predicted molar refractivity (Wildman–Crippen MR) is 104 cm³/mol. The summed E-state index contributed by atoms with van der Waals surface area (Å²) in [5.41, 5.74) is 1.04. The number of hydrogen-bond acceptors (Lipinski definition) is 8. The van der Waals surface area contributed by atoms with Gasteiger partial charge in [0.05, 0.1) is 5.69 Å². The average molecular weight is 471 g/mol. The zero-order valence-corrected chi connectivity index (χ0v) is 16.7. The number of rotatable bonds is 4. The van der Waals surface area contributed by atoms with E-state index in [-0.39, 0.29) is 18.1 Å². The van der Waals surface area contributed by atoms with Crippen molar-refractivity contribution in [2.75, 3.05) is 4.90 Å². The lowest BCUT2D eigenvalue weighted by molar-refractivity contribution is -0.123. The highest BCUT2D eigenvalue weighted by Gasteiger charge is 2.55. The van der Waals surface area contributed by atoms with Crippen LogP contribution in [0.2, 0.25) is 0 Å². The van der Waals surface area contributed by atoms with E-state index in [1.807, 2.05) is 24.3 Å². The first-order valence-corrected chi connectivity index (χ1v) is 9.70. The summed E-state index contributed by atoms with van der Waals surface area (Å²) in [6.45, 7) is 0.0123. The van der Waals surface area contributed by atoms with Crippen molar-refractivity contribution in [1.82, 2.24) is 15.1 Å². The molecule has 1 aromatic heterocycles. The van der Waals surface area contributed by atoms with Gasteiger partial charge in [-0.05, 0) is 36.4 Å². The highest BCUT2D eigenvalue weighted by atomic mass is 79.9. The summed E-state index contributed by atoms with van der Waals surface area (Å²) in [5, 5.41) is 13.2. The smallest absolute Gasteiger partial charge is 0.263 e. The molecule has 0 spiro atoms. The van der Waals surface area contributed by atoms with E-state index in [1.165, 1.54) is 29.3 Å². The molecule has 3 heterocycles. The zero-order valence-electron chi connectivity index (χ0n) is 15.1. The fourth-order valence-electron chi connectivity index (χ4n) is 3.41. The zero-order chi connectivity index (χ0) is 20.8. The molecular formula is C19H12BrFN6O3. The fraction of sp³-hybridized carbons (Fsp3) is 0.158. The van der Waals surface area contributed by atoms with Crippen LogP contribution >= 0.6 is 15.9 Å². The number of benzene rings is 2. The lowest BCUT2D eigenvalue weighted by atomic mass is 10.1. The number of aromatic nitrogens is 2. The number of amides is 2. The van der Waals surface area contributed by atoms with Crippen LogP contribution in [0.4, 0.5) is 10.1 Å². The number of anilines is 1. The summed E-state index contributed by atoms with van der Waals surface area (Å²) < 4.78 is 19.3. The molecule has 0 unspecified atom stereocenters. The van der Waals surface area contributed by atoms with Gasteiger partial charge < -0.3 is 4.52 Å². The van der Waals surface area contributed by atoms with Crippen molar-refractivity contribution in [3.8, 4) is 11.4 Å². The van der Waals surface area contributed by atoms with Crippen LogP contribution in [0.5, 0.6) is 0 Å². The van der Waals surface area contributed by atoms with Crippen molar-refractivity contribution in [3.63, 3.8) is 0 Å². The van der Waals surface area contributed by atoms with E-state index in [4.69, 9.17) is 4.52 Å². The molecular weight excluding hydrogens is 459 g/mol. The molecule has 2 aromatic carbocycles. The Morgan fingerprint density at radius 1 is 1.07 bits per heavy atom. The molecule has 30 heavy (non-hydrogen) atoms. The van der Waals surface area contributed by atoms with E-state index in [2.05, 4.69) is 36.4 Å². The summed E-state index contributed by atoms with van der Waals surface area (Å²) in [5.74, 6) is -0.862. The van der Waals surface area contributed by atoms with E-state index in [9.17, 15) is 14.0 Å². The SMILES string of the molecule is O=C1[C@H]2N=NN(Cc3nc(-c4ccccc4Br)no3)[C@@H]2C(=O)N1c1ccc(F)cc1. The third-order valence-electron chi connectivity index (χ3n) is 4.82. The minimum atomic E-state index is -0.965. The Morgan fingerprint density at radius 2 is 1.83 bits per heavy atom. The van der Waals surface area contributed by atoms with Crippen molar-refractivity contribution in [1.29, 1.82) is 0 Å². The highest BCUT2D eigenvalue weighted by Crippen LogP contribution is 2.33. The molecule has 11 heteroatoms. The first-order valence-electron chi connectivity index (χ1n) is 8.91. The van der Waals surface area contributed by atoms with Crippen molar-refractivity contribution in [3.05, 3.63) is 64.7 Å². The molecule has 0 aliphatic carbocycles. The average Bonchev–Trinajstić information content (AvgIpc) is 3.42. The Balaban J connectivity index is 1.37. The highest BCUT2D eigenvalue weighted by molar-refractivity contribution is 9.10. The monoisotopic (exact) mass is 470 g/mol. The topological polar surface area (TPSA) is 104 Å². The summed E-state index contributed by atoms with van der Waals surface area (Å²) in [6.07, 6.45) is 0. The Hall–Kier alpha value is -3.47. The first-order chi connectivity index (χ1) is 14.5. The van der Waals surface area contributed by atoms with Gasteiger partial charge in [0.15, 0.2) is 12.1 Å². The van der Waals surface area contributed by atoms with Crippen molar-refractivity contribution in [2.24, 2.45) is 10.3 Å². The molecule has 3 aromatic rings. The second-order valence-electron chi connectivity index (χ2n) is 6.67. The Labute approximate surface area is 177 Å². The number of nitrogens with zero attached hydrogens (tertiary/aromatic N) is 6. The molecule has 150 valence electrons. The molecule has 2 amide bonds. The summed E-state index contributed by atoms with van der Waals surface area (Å²) in [4.78, 5) is 31.0. The van der Waals surface area contributed by atoms with Gasteiger partial charge >= 0.3 is 0 Å². The number of fused-ring (bicyclic) bond motifs is 1. The maximum Gasteiger partial charge on any atom is 0.263 e. The van der Waals surface area contributed by atoms with Gasteiger partial charge in [-0.15, -0.1) is 0 Å². The third kappa shape index (κ3) is 2.98. The molecule has 1 fully saturated rings. The lowest BCUT2D eigenvalue weighted by Crippen LogP contribution is -2.39. The van der Waals surface area contributed by atoms with Crippen LogP contribution in [0.3, 0.4) is 0 Å². The molecule has 2 aliphatic heterocycles. The third-order valence-corrected chi connectivity index (χ3v) is 5.51. The van der Waals surface area contributed by atoms with E-state index in [0.29, 0.717) is 5.82 Å². The molecule has 5 rings (SSSR count). The van der Waals surface area contributed by atoms with Gasteiger partial charge in [-0.1, -0.05) is 38.4 Å². The molecule has 0 saturated carbocycles. The summed E-state index contributed by atoms with van der Waals surface area (Å²) in [6, 6.07) is 10.6. The number of halogens is 2. The molecule has 9 nitrogen and oxygen atoms in total. The molecule has 0 N–H and O–H groups in total. The minimum Gasteiger partial charge on any atom is -0.337 e. The van der Waals surface area contributed by atoms with Crippen LogP contribution in [0.1, 0.15) is 5.89 Å². The number of carbonyl (C=O) groups excluding carboxylic acids is 2. The van der Waals surface area contributed by atoms with Gasteiger partial charge in [0.25, 0.3) is 11.8 Å². The van der Waals surface area contributed by atoms with Gasteiger partial charge in [-0.2, -0.15) is 10.1 Å². The number of hydrogen-bond donors (Lipinski definition) is 0. The van der Waals surface area contributed by atoms with Crippen LogP contribution in [0.15, 0.2) is 67.9 Å². The maximum atomic E-state index is 13.2. The molecule has 0 radical (unpaired) electrons. The molecule has 0 bridgehead atoms. The van der Waals surface area contributed by atoms with E-state index >= 15 is 0 Å². The van der Waals surface area contributed by atoms with Gasteiger partial charge in [0.2, 0.25) is 11.7 Å². The first kappa shape index (κ1) is 18.6. The molecule has 1 saturated heterocycles. The van der Waals surface area contributed by atoms with E-state index in [1.54, 1.807) is 0 Å². The van der Waals surface area contributed by atoms with Gasteiger partial charge in [0.1, 0.15) is 12.4 Å². The molecule has 2 atom stereocenters. The Kier molecular flexibility index (Phi) is 4.39. The second kappa shape index (κ2) is 7.10. The lowest BCUT2D eigenvalue weighted by Gasteiger charge is -2.19.